The van der Waals surface area contributed by atoms with Crippen molar-refractivity contribution in [3.05, 3.63) is 38.0 Å². The summed E-state index contributed by atoms with van der Waals surface area (Å²) in [5.41, 5.74) is 0.126. The third kappa shape index (κ3) is 7.12. The van der Waals surface area contributed by atoms with Gasteiger partial charge in [0.1, 0.15) is 0 Å². The Balaban J connectivity index is 6.17. The second-order valence-electron chi connectivity index (χ2n) is 6.71. The van der Waals surface area contributed by atoms with Crippen LogP contribution in [-0.2, 0) is 13.3 Å². The largest absolute Gasteiger partial charge is 0.562 e. The first-order chi connectivity index (χ1) is 12.6. The minimum absolute atomic E-state index is 0.126. The number of rotatable bonds is 18. The zero-order chi connectivity index (χ0) is 19.9. The highest BCUT2D eigenvalue weighted by Gasteiger charge is 2.58. The van der Waals surface area contributed by atoms with Gasteiger partial charge in [-0.1, -0.05) is 47.4 Å². The highest BCUT2D eigenvalue weighted by Crippen LogP contribution is 2.30. The van der Waals surface area contributed by atoms with Crippen LogP contribution in [0.2, 0.25) is 0 Å². The molecule has 1 atom stereocenters. The Morgan fingerprint density at radius 3 is 1.31 bits per heavy atom. The zero-order valence-corrected chi connectivity index (χ0v) is 18.7. The second-order valence-corrected chi connectivity index (χ2v) is 9.44. The number of hydrogen-bond donors (Lipinski definition) is 0. The Kier molecular flexibility index (Phi) is 13.9. The van der Waals surface area contributed by atoms with E-state index in [1.807, 2.05) is 18.2 Å². The van der Waals surface area contributed by atoms with Crippen LogP contribution in [0.15, 0.2) is 38.0 Å². The second kappa shape index (κ2) is 14.3. The molecule has 4 nitrogen and oxygen atoms in total. The lowest BCUT2D eigenvalue weighted by Gasteiger charge is -2.48. The van der Waals surface area contributed by atoms with Gasteiger partial charge in [0.25, 0.3) is 0 Å². The Labute approximate surface area is 163 Å². The lowest BCUT2D eigenvalue weighted by Crippen LogP contribution is -2.71. The molecule has 0 rings (SSSR count). The molecular weight excluding hydrogens is 342 g/mol. The van der Waals surface area contributed by atoms with Crippen LogP contribution in [0.1, 0.15) is 53.4 Å². The van der Waals surface area contributed by atoms with Gasteiger partial charge >= 0.3 is 8.80 Å². The third-order valence-corrected chi connectivity index (χ3v) is 8.05. The highest BCUT2D eigenvalue weighted by molar-refractivity contribution is 6.62. The van der Waals surface area contributed by atoms with Crippen LogP contribution in [0.4, 0.5) is 0 Å². The fourth-order valence-electron chi connectivity index (χ4n) is 3.50. The molecule has 0 spiro atoms. The average Bonchev–Trinajstić information content (AvgIpc) is 2.63. The van der Waals surface area contributed by atoms with Gasteiger partial charge in [0, 0.05) is 26.2 Å². The Hall–Kier alpha value is -0.723. The van der Waals surface area contributed by atoms with E-state index >= 15 is 0 Å². The summed E-state index contributed by atoms with van der Waals surface area (Å²) in [6, 6.07) is 0. The van der Waals surface area contributed by atoms with Gasteiger partial charge in [-0.25, -0.2) is 0 Å². The van der Waals surface area contributed by atoms with Crippen LogP contribution >= 0.6 is 0 Å². The van der Waals surface area contributed by atoms with Crippen LogP contribution < -0.4 is 0 Å². The molecule has 0 heterocycles. The van der Waals surface area contributed by atoms with Gasteiger partial charge in [-0.3, -0.25) is 0 Å². The first-order valence-corrected chi connectivity index (χ1v) is 12.0. The molecule has 0 saturated heterocycles. The third-order valence-electron chi connectivity index (χ3n) is 4.46. The Morgan fingerprint density at radius 1 is 0.731 bits per heavy atom. The predicted octanol–water partition coefficient (Wildman–Crippen LogP) is 4.90. The van der Waals surface area contributed by atoms with Gasteiger partial charge in [-0.05, 0) is 37.5 Å². The molecule has 0 aliphatic rings. The van der Waals surface area contributed by atoms with Crippen molar-refractivity contribution in [2.24, 2.45) is 0 Å². The van der Waals surface area contributed by atoms with Gasteiger partial charge in [0.05, 0.1) is 19.6 Å². The van der Waals surface area contributed by atoms with E-state index < -0.39 is 8.80 Å². The quantitative estimate of drug-likeness (QED) is 0.191. The van der Waals surface area contributed by atoms with Gasteiger partial charge in [-0.2, -0.15) is 0 Å². The molecule has 0 saturated carbocycles. The molecule has 0 fully saturated rings. The van der Waals surface area contributed by atoms with E-state index in [2.05, 4.69) is 47.4 Å². The summed E-state index contributed by atoms with van der Waals surface area (Å²) in [5.74, 6) is 0. The number of quaternary nitrogens is 1. The van der Waals surface area contributed by atoms with E-state index in [9.17, 15) is 0 Å². The summed E-state index contributed by atoms with van der Waals surface area (Å²) in [6.45, 7) is 25.0. The SMILES string of the molecule is C=CC[N+](CC=C)(CC=C)C(CC)[Si](OCCC)(OCCC)OCCC. The van der Waals surface area contributed by atoms with E-state index in [1.54, 1.807) is 0 Å². The first-order valence-electron chi connectivity index (χ1n) is 10.2. The van der Waals surface area contributed by atoms with Gasteiger partial charge in [0.15, 0.2) is 5.67 Å². The molecular formula is C21H42NO3Si+. The summed E-state index contributed by atoms with van der Waals surface area (Å²) in [5, 5.41) is 0. The fourth-order valence-corrected chi connectivity index (χ4v) is 7.28. The van der Waals surface area contributed by atoms with E-state index in [-0.39, 0.29) is 5.67 Å². The van der Waals surface area contributed by atoms with Crippen molar-refractivity contribution < 1.29 is 17.8 Å². The zero-order valence-electron chi connectivity index (χ0n) is 17.7. The van der Waals surface area contributed by atoms with Crippen molar-refractivity contribution >= 4 is 8.80 Å². The van der Waals surface area contributed by atoms with E-state index in [0.717, 1.165) is 49.8 Å². The highest BCUT2D eigenvalue weighted by atomic mass is 28.4. The molecule has 0 aromatic carbocycles. The van der Waals surface area contributed by atoms with Crippen LogP contribution in [0.3, 0.4) is 0 Å². The number of nitrogens with zero attached hydrogens (tertiary/aromatic N) is 1. The van der Waals surface area contributed by atoms with Crippen molar-refractivity contribution in [1.82, 2.24) is 0 Å². The molecule has 26 heavy (non-hydrogen) atoms. The predicted molar refractivity (Wildman–Crippen MR) is 114 cm³/mol. The van der Waals surface area contributed by atoms with Crippen molar-refractivity contribution in [2.75, 3.05) is 39.5 Å². The van der Waals surface area contributed by atoms with Gasteiger partial charge in [-0.15, -0.1) is 0 Å². The lowest BCUT2D eigenvalue weighted by atomic mass is 10.2. The average molecular weight is 385 g/mol. The van der Waals surface area contributed by atoms with Crippen molar-refractivity contribution in [2.45, 2.75) is 59.0 Å². The Bertz CT molecular complexity index is 352. The minimum Gasteiger partial charge on any atom is -0.370 e. The summed E-state index contributed by atoms with van der Waals surface area (Å²) >= 11 is 0. The first kappa shape index (κ1) is 25.3. The van der Waals surface area contributed by atoms with Crippen LogP contribution in [0.5, 0.6) is 0 Å². The molecule has 0 aliphatic carbocycles. The topological polar surface area (TPSA) is 27.7 Å². The summed E-state index contributed by atoms with van der Waals surface area (Å²) in [4.78, 5) is 0. The standard InChI is InChI=1S/C21H42NO3Si/c1-8-15-22(16-9-2,17-10-3)21(14-7)26(23-18-11-4,24-19-12-5)25-20-13-6/h8-10,21H,1-3,11-20H2,4-7H3/q+1. The maximum atomic E-state index is 6.46. The molecule has 0 aromatic heterocycles. The Morgan fingerprint density at radius 2 is 1.08 bits per heavy atom. The maximum Gasteiger partial charge on any atom is 0.562 e. The number of hydrogen-bond acceptors (Lipinski definition) is 3. The smallest absolute Gasteiger partial charge is 0.370 e. The molecule has 0 radical (unpaired) electrons. The van der Waals surface area contributed by atoms with Gasteiger partial charge < -0.3 is 17.8 Å². The minimum atomic E-state index is -2.91. The summed E-state index contributed by atoms with van der Waals surface area (Å²) in [6.07, 6.45) is 9.69. The molecule has 0 N–H and O–H groups in total. The van der Waals surface area contributed by atoms with Crippen molar-refractivity contribution in [3.63, 3.8) is 0 Å². The van der Waals surface area contributed by atoms with Crippen molar-refractivity contribution in [1.29, 1.82) is 0 Å². The molecule has 5 heteroatoms. The molecule has 1 unspecified atom stereocenters. The summed E-state index contributed by atoms with van der Waals surface area (Å²) in [7, 11) is -2.91. The molecule has 0 aliphatic heterocycles. The molecule has 0 bridgehead atoms. The fraction of sp³-hybridized carbons (Fsp3) is 0.714. The van der Waals surface area contributed by atoms with E-state index in [4.69, 9.17) is 13.3 Å². The van der Waals surface area contributed by atoms with Crippen LogP contribution in [0.25, 0.3) is 0 Å². The summed E-state index contributed by atoms with van der Waals surface area (Å²) < 4.78 is 20.1. The molecule has 0 amide bonds. The normalized spacial score (nSPS) is 13.4. The lowest BCUT2D eigenvalue weighted by molar-refractivity contribution is -0.927. The maximum absolute atomic E-state index is 6.46. The van der Waals surface area contributed by atoms with E-state index in [1.165, 1.54) is 0 Å². The van der Waals surface area contributed by atoms with E-state index in [0.29, 0.717) is 19.8 Å². The van der Waals surface area contributed by atoms with Crippen molar-refractivity contribution in [3.8, 4) is 0 Å². The monoisotopic (exact) mass is 384 g/mol. The molecule has 152 valence electrons. The molecule has 0 aromatic rings. The van der Waals surface area contributed by atoms with Crippen LogP contribution in [0, 0.1) is 0 Å². The van der Waals surface area contributed by atoms with Gasteiger partial charge in [0.2, 0.25) is 0 Å². The van der Waals surface area contributed by atoms with Crippen LogP contribution in [-0.4, -0.2) is 58.4 Å².